The summed E-state index contributed by atoms with van der Waals surface area (Å²) in [7, 11) is 0. The summed E-state index contributed by atoms with van der Waals surface area (Å²) in [5, 5.41) is 8.70. The van der Waals surface area contributed by atoms with Crippen LogP contribution in [0.3, 0.4) is 0 Å². The molecular formula is C6H6Cl2O3. The first-order chi connectivity index (χ1) is 5.04. The Balaban J connectivity index is 2.98. The maximum absolute atomic E-state index is 11.0. The minimum atomic E-state index is -1.27. The van der Waals surface area contributed by atoms with Crippen LogP contribution in [0.25, 0.3) is 0 Å². The van der Waals surface area contributed by atoms with Crippen molar-refractivity contribution in [2.45, 2.75) is 19.3 Å². The van der Waals surface area contributed by atoms with Gasteiger partial charge in [0.15, 0.2) is 6.29 Å². The van der Waals surface area contributed by atoms with Crippen molar-refractivity contribution in [3.8, 4) is 0 Å². The molecule has 1 rings (SSSR count). The van der Waals surface area contributed by atoms with Crippen molar-refractivity contribution in [3.05, 3.63) is 10.1 Å². The predicted octanol–water partition coefficient (Wildman–Crippen LogP) is 0.982. The van der Waals surface area contributed by atoms with Crippen molar-refractivity contribution in [1.29, 1.82) is 0 Å². The Morgan fingerprint density at radius 3 is 2.64 bits per heavy atom. The van der Waals surface area contributed by atoms with Crippen molar-refractivity contribution in [2.24, 2.45) is 0 Å². The van der Waals surface area contributed by atoms with Crippen LogP contribution in [0, 0.1) is 0 Å². The second-order valence-electron chi connectivity index (χ2n) is 2.16. The van der Waals surface area contributed by atoms with E-state index >= 15 is 0 Å². The van der Waals surface area contributed by atoms with E-state index in [9.17, 15) is 4.79 Å². The van der Waals surface area contributed by atoms with Crippen molar-refractivity contribution in [3.63, 3.8) is 0 Å². The van der Waals surface area contributed by atoms with Crippen LogP contribution < -0.4 is 0 Å². The van der Waals surface area contributed by atoms with Gasteiger partial charge in [-0.2, -0.15) is 0 Å². The molecule has 11 heavy (non-hydrogen) atoms. The van der Waals surface area contributed by atoms with Gasteiger partial charge in [0, 0.05) is 0 Å². The van der Waals surface area contributed by atoms with Crippen LogP contribution in [-0.2, 0) is 9.53 Å². The number of carbonyl (C=O) groups is 1. The lowest BCUT2D eigenvalue weighted by Crippen LogP contribution is -2.33. The van der Waals surface area contributed by atoms with Gasteiger partial charge in [-0.1, -0.05) is 23.2 Å². The lowest BCUT2D eigenvalue weighted by atomic mass is 10.2. The minimum absolute atomic E-state index is 0.141. The number of carbonyl (C=O) groups excluding carboxylic acids is 1. The van der Waals surface area contributed by atoms with Gasteiger partial charge in [-0.05, 0) is 6.92 Å². The summed E-state index contributed by atoms with van der Waals surface area (Å²) in [6.45, 7) is 1.50. The quantitative estimate of drug-likeness (QED) is 0.629. The Kier molecular flexibility index (Phi) is 2.54. The third-order valence-electron chi connectivity index (χ3n) is 1.35. The summed E-state index contributed by atoms with van der Waals surface area (Å²) < 4.78 is 4.71. The highest BCUT2D eigenvalue weighted by molar-refractivity contribution is 6.49. The summed E-state index contributed by atoms with van der Waals surface area (Å²) in [6, 6.07) is 0. The Bertz CT molecular complexity index is 224. The molecule has 1 aliphatic rings. The standard InChI is InChI=1S/C6H6Cl2O3/c1-2-5(9)3(7)4(8)6(10)11-2/h2,6,10H,1H3/t2-,6+/m0/s1. The van der Waals surface area contributed by atoms with Gasteiger partial charge in [0.2, 0.25) is 5.78 Å². The molecule has 0 unspecified atom stereocenters. The van der Waals surface area contributed by atoms with Gasteiger partial charge in [0.25, 0.3) is 0 Å². The molecule has 0 aromatic heterocycles. The van der Waals surface area contributed by atoms with Crippen molar-refractivity contribution in [2.75, 3.05) is 0 Å². The molecule has 62 valence electrons. The molecule has 0 aliphatic carbocycles. The third-order valence-corrected chi connectivity index (χ3v) is 2.21. The van der Waals surface area contributed by atoms with E-state index in [1.807, 2.05) is 0 Å². The number of halogens is 2. The van der Waals surface area contributed by atoms with E-state index in [0.29, 0.717) is 0 Å². The SMILES string of the molecule is C[C@@H]1O[C@@H](O)C(Cl)=C(Cl)C1=O. The number of ketones is 1. The molecule has 0 radical (unpaired) electrons. The summed E-state index contributed by atoms with van der Waals surface area (Å²) in [5.74, 6) is -0.401. The highest BCUT2D eigenvalue weighted by Gasteiger charge is 2.31. The van der Waals surface area contributed by atoms with Gasteiger partial charge < -0.3 is 9.84 Å². The molecule has 0 aromatic rings. The Hall–Kier alpha value is -0.0900. The molecule has 0 saturated heterocycles. The van der Waals surface area contributed by atoms with Gasteiger partial charge in [-0.25, -0.2) is 0 Å². The molecule has 5 heteroatoms. The number of aliphatic hydroxyl groups is 1. The largest absolute Gasteiger partial charge is 0.363 e. The number of aliphatic hydroxyl groups excluding tert-OH is 1. The molecule has 0 fully saturated rings. The van der Waals surface area contributed by atoms with Gasteiger partial charge in [-0.15, -0.1) is 0 Å². The summed E-state index contributed by atoms with van der Waals surface area (Å²) in [4.78, 5) is 11.0. The number of hydrogen-bond acceptors (Lipinski definition) is 3. The van der Waals surface area contributed by atoms with E-state index in [0.717, 1.165) is 0 Å². The summed E-state index contributed by atoms with van der Waals surface area (Å²) in [5.41, 5.74) is 0. The van der Waals surface area contributed by atoms with Crippen molar-refractivity contribution >= 4 is 29.0 Å². The number of hydrogen-bond donors (Lipinski definition) is 1. The van der Waals surface area contributed by atoms with E-state index in [1.165, 1.54) is 6.92 Å². The maximum atomic E-state index is 11.0. The van der Waals surface area contributed by atoms with Crippen LogP contribution >= 0.6 is 23.2 Å². The first kappa shape index (κ1) is 9.00. The van der Waals surface area contributed by atoms with Crippen LogP contribution in [0.15, 0.2) is 10.1 Å². The molecule has 1 N–H and O–H groups in total. The monoisotopic (exact) mass is 196 g/mol. The zero-order valence-corrected chi connectivity index (χ0v) is 7.19. The first-order valence-corrected chi connectivity index (χ1v) is 3.72. The normalized spacial score (nSPS) is 32.9. The van der Waals surface area contributed by atoms with E-state index in [1.54, 1.807) is 0 Å². The van der Waals surface area contributed by atoms with Gasteiger partial charge >= 0.3 is 0 Å². The molecule has 0 amide bonds. The predicted molar refractivity (Wildman–Crippen MR) is 40.3 cm³/mol. The maximum Gasteiger partial charge on any atom is 0.204 e. The second-order valence-corrected chi connectivity index (χ2v) is 2.94. The smallest absolute Gasteiger partial charge is 0.204 e. The summed E-state index contributed by atoms with van der Waals surface area (Å²) >= 11 is 10.9. The fourth-order valence-electron chi connectivity index (χ4n) is 0.719. The summed E-state index contributed by atoms with van der Waals surface area (Å²) in [6.07, 6.45) is -1.99. The average Bonchev–Trinajstić information content (AvgIpc) is 1.97. The zero-order chi connectivity index (χ0) is 8.59. The van der Waals surface area contributed by atoms with Gasteiger partial charge in [-0.3, -0.25) is 4.79 Å². The topological polar surface area (TPSA) is 46.5 Å². The first-order valence-electron chi connectivity index (χ1n) is 2.97. The van der Waals surface area contributed by atoms with E-state index in [2.05, 4.69) is 0 Å². The average molecular weight is 197 g/mol. The third kappa shape index (κ3) is 1.56. The number of rotatable bonds is 0. The van der Waals surface area contributed by atoms with E-state index in [-0.39, 0.29) is 10.1 Å². The van der Waals surface area contributed by atoms with Crippen molar-refractivity contribution in [1.82, 2.24) is 0 Å². The van der Waals surface area contributed by atoms with Crippen LogP contribution in [-0.4, -0.2) is 23.3 Å². The Morgan fingerprint density at radius 2 is 2.09 bits per heavy atom. The fourth-order valence-corrected chi connectivity index (χ4v) is 1.11. The molecule has 0 saturated carbocycles. The van der Waals surface area contributed by atoms with E-state index in [4.69, 9.17) is 33.0 Å². The number of Topliss-reactive ketones (excluding diaryl/α,β-unsaturated/α-hetero) is 1. The lowest BCUT2D eigenvalue weighted by molar-refractivity contribution is -0.146. The van der Waals surface area contributed by atoms with E-state index < -0.39 is 18.2 Å². The highest BCUT2D eigenvalue weighted by Crippen LogP contribution is 2.26. The fraction of sp³-hybridized carbons (Fsp3) is 0.500. The highest BCUT2D eigenvalue weighted by atomic mass is 35.5. The Labute approximate surface area is 73.5 Å². The molecule has 0 bridgehead atoms. The molecule has 0 aromatic carbocycles. The molecule has 0 spiro atoms. The van der Waals surface area contributed by atoms with Crippen LogP contribution in [0.1, 0.15) is 6.92 Å². The lowest BCUT2D eigenvalue weighted by Gasteiger charge is -2.22. The van der Waals surface area contributed by atoms with Gasteiger partial charge in [0.05, 0.1) is 5.03 Å². The molecular weight excluding hydrogens is 191 g/mol. The number of ether oxygens (including phenoxy) is 1. The molecule has 1 aliphatic heterocycles. The molecule has 3 nitrogen and oxygen atoms in total. The van der Waals surface area contributed by atoms with Crippen molar-refractivity contribution < 1.29 is 14.6 Å². The Morgan fingerprint density at radius 1 is 1.55 bits per heavy atom. The minimum Gasteiger partial charge on any atom is -0.363 e. The molecule has 2 atom stereocenters. The molecule has 1 heterocycles. The van der Waals surface area contributed by atoms with Crippen LogP contribution in [0.4, 0.5) is 0 Å². The van der Waals surface area contributed by atoms with Crippen LogP contribution in [0.5, 0.6) is 0 Å². The van der Waals surface area contributed by atoms with Gasteiger partial charge in [0.1, 0.15) is 11.1 Å². The van der Waals surface area contributed by atoms with Crippen LogP contribution in [0.2, 0.25) is 0 Å². The second kappa shape index (κ2) is 3.11. The zero-order valence-electron chi connectivity index (χ0n) is 5.67.